The summed E-state index contributed by atoms with van der Waals surface area (Å²) in [5.74, 6) is 1.69. The molecule has 3 aromatic rings. The Morgan fingerprint density at radius 2 is 1.92 bits per heavy atom. The van der Waals surface area contributed by atoms with Gasteiger partial charge in [0.05, 0.1) is 13.5 Å². The normalized spacial score (nSPS) is 10.8. The smallest absolute Gasteiger partial charge is 0.224 e. The molecule has 1 heterocycles. The zero-order valence-corrected chi connectivity index (χ0v) is 15.3. The number of aryl methyl sites for hydroxylation is 1. The molecule has 0 saturated heterocycles. The van der Waals surface area contributed by atoms with Crippen LogP contribution in [0.4, 0.5) is 0 Å². The van der Waals surface area contributed by atoms with Gasteiger partial charge in [0.15, 0.2) is 0 Å². The molecule has 0 atom stereocenters. The maximum Gasteiger partial charge on any atom is 0.224 e. The first-order chi connectivity index (χ1) is 12.2. The van der Waals surface area contributed by atoms with Crippen LogP contribution in [0.5, 0.6) is 5.75 Å². The highest BCUT2D eigenvalue weighted by Crippen LogP contribution is 2.30. The van der Waals surface area contributed by atoms with Crippen molar-refractivity contribution in [1.82, 2.24) is 10.3 Å². The minimum Gasteiger partial charge on any atom is -0.497 e. The molecule has 0 unspecified atom stereocenters. The number of aromatic nitrogens is 1. The van der Waals surface area contributed by atoms with Gasteiger partial charge in [-0.3, -0.25) is 4.79 Å². The number of fused-ring (bicyclic) bond motifs is 1. The molecule has 3 rings (SSSR count). The van der Waals surface area contributed by atoms with Crippen molar-refractivity contribution in [3.8, 4) is 5.75 Å². The quantitative estimate of drug-likeness (QED) is 0.499. The molecule has 0 fully saturated rings. The van der Waals surface area contributed by atoms with Crippen molar-refractivity contribution < 1.29 is 9.53 Å². The van der Waals surface area contributed by atoms with Gasteiger partial charge >= 0.3 is 0 Å². The van der Waals surface area contributed by atoms with E-state index in [1.165, 1.54) is 16.0 Å². The van der Waals surface area contributed by atoms with Gasteiger partial charge in [-0.05, 0) is 30.7 Å². The molecule has 130 valence electrons. The van der Waals surface area contributed by atoms with Crippen molar-refractivity contribution in [1.29, 1.82) is 0 Å². The maximum absolute atomic E-state index is 12.0. The first-order valence-corrected chi connectivity index (χ1v) is 9.25. The highest BCUT2D eigenvalue weighted by molar-refractivity contribution is 7.99. The van der Waals surface area contributed by atoms with E-state index in [4.69, 9.17) is 4.74 Å². The lowest BCUT2D eigenvalue weighted by Gasteiger charge is -2.06. The van der Waals surface area contributed by atoms with E-state index in [0.29, 0.717) is 13.0 Å². The third-order valence-electron chi connectivity index (χ3n) is 4.03. The molecule has 0 aliphatic heterocycles. The fourth-order valence-electron chi connectivity index (χ4n) is 2.77. The van der Waals surface area contributed by atoms with E-state index in [2.05, 4.69) is 35.4 Å². The molecule has 0 aliphatic rings. The Kier molecular flexibility index (Phi) is 5.66. The summed E-state index contributed by atoms with van der Waals surface area (Å²) >= 11 is 1.77. The number of carbonyl (C=O) groups excluding carboxylic acids is 1. The van der Waals surface area contributed by atoms with Crippen molar-refractivity contribution in [2.75, 3.05) is 19.4 Å². The Labute approximate surface area is 152 Å². The average Bonchev–Trinajstić information content (AvgIpc) is 2.95. The second-order valence-corrected chi connectivity index (χ2v) is 6.95. The Bertz CT molecular complexity index is 856. The lowest BCUT2D eigenvalue weighted by atomic mass is 10.1. The fourth-order valence-corrected chi connectivity index (χ4v) is 3.78. The lowest BCUT2D eigenvalue weighted by Crippen LogP contribution is -2.27. The Morgan fingerprint density at radius 3 is 2.68 bits per heavy atom. The van der Waals surface area contributed by atoms with Crippen LogP contribution >= 0.6 is 11.8 Å². The number of methoxy groups -OCH3 is 1. The van der Waals surface area contributed by atoms with Crippen molar-refractivity contribution in [3.63, 3.8) is 0 Å². The number of rotatable bonds is 7. The van der Waals surface area contributed by atoms with Crippen LogP contribution in [-0.2, 0) is 11.2 Å². The fraction of sp³-hybridized carbons (Fsp3) is 0.250. The molecule has 1 aromatic heterocycles. The monoisotopic (exact) mass is 354 g/mol. The highest BCUT2D eigenvalue weighted by atomic mass is 32.2. The zero-order chi connectivity index (χ0) is 17.6. The molecule has 0 saturated carbocycles. The summed E-state index contributed by atoms with van der Waals surface area (Å²) in [6, 6.07) is 15.9. The van der Waals surface area contributed by atoms with Crippen LogP contribution in [0.25, 0.3) is 10.9 Å². The average molecular weight is 354 g/mol. The number of nitrogens with one attached hydrogen (secondary N) is 2. The Hall–Kier alpha value is -2.40. The van der Waals surface area contributed by atoms with Crippen molar-refractivity contribution >= 4 is 28.6 Å². The zero-order valence-electron chi connectivity index (χ0n) is 14.5. The largest absolute Gasteiger partial charge is 0.497 e. The summed E-state index contributed by atoms with van der Waals surface area (Å²) in [6.45, 7) is 2.74. The van der Waals surface area contributed by atoms with Crippen LogP contribution in [0, 0.1) is 6.92 Å². The molecule has 5 heteroatoms. The van der Waals surface area contributed by atoms with E-state index in [0.717, 1.165) is 22.6 Å². The van der Waals surface area contributed by atoms with Crippen molar-refractivity contribution in [3.05, 3.63) is 59.8 Å². The van der Waals surface area contributed by atoms with Gasteiger partial charge in [0, 0.05) is 33.8 Å². The molecule has 4 nitrogen and oxygen atoms in total. The van der Waals surface area contributed by atoms with Crippen LogP contribution in [0.2, 0.25) is 0 Å². The van der Waals surface area contributed by atoms with Gasteiger partial charge in [-0.1, -0.05) is 30.3 Å². The highest BCUT2D eigenvalue weighted by Gasteiger charge is 2.08. The summed E-state index contributed by atoms with van der Waals surface area (Å²) < 4.78 is 5.12. The number of amides is 1. The van der Waals surface area contributed by atoms with Gasteiger partial charge in [-0.2, -0.15) is 0 Å². The van der Waals surface area contributed by atoms with Crippen LogP contribution in [0.1, 0.15) is 11.3 Å². The maximum atomic E-state index is 12.0. The number of hydrogen-bond donors (Lipinski definition) is 2. The van der Waals surface area contributed by atoms with Gasteiger partial charge in [0.1, 0.15) is 5.75 Å². The third-order valence-corrected chi connectivity index (χ3v) is 5.25. The van der Waals surface area contributed by atoms with E-state index in [1.54, 1.807) is 18.9 Å². The summed E-state index contributed by atoms with van der Waals surface area (Å²) in [7, 11) is 1.63. The summed E-state index contributed by atoms with van der Waals surface area (Å²) in [5.41, 5.74) is 3.32. The van der Waals surface area contributed by atoms with E-state index in [-0.39, 0.29) is 5.91 Å². The molecule has 25 heavy (non-hydrogen) atoms. The summed E-state index contributed by atoms with van der Waals surface area (Å²) in [4.78, 5) is 16.7. The number of aromatic amines is 1. The predicted octanol–water partition coefficient (Wildman–Crippen LogP) is 3.94. The molecule has 1 amide bonds. The Balaban J connectivity index is 1.47. The molecule has 2 N–H and O–H groups in total. The van der Waals surface area contributed by atoms with Gasteiger partial charge in [-0.15, -0.1) is 11.8 Å². The topological polar surface area (TPSA) is 54.1 Å². The molecule has 0 radical (unpaired) electrons. The summed E-state index contributed by atoms with van der Waals surface area (Å²) in [5, 5.41) is 4.23. The number of thioether (sulfide) groups is 1. The first kappa shape index (κ1) is 17.4. The molecular weight excluding hydrogens is 332 g/mol. The van der Waals surface area contributed by atoms with Crippen LogP contribution < -0.4 is 10.1 Å². The predicted molar refractivity (Wildman–Crippen MR) is 103 cm³/mol. The first-order valence-electron chi connectivity index (χ1n) is 8.27. The van der Waals surface area contributed by atoms with Crippen LogP contribution in [-0.4, -0.2) is 30.3 Å². The van der Waals surface area contributed by atoms with E-state index in [1.807, 2.05) is 30.3 Å². The molecule has 0 spiro atoms. The van der Waals surface area contributed by atoms with Gasteiger partial charge in [0.25, 0.3) is 0 Å². The number of H-pyrrole nitrogens is 1. The lowest BCUT2D eigenvalue weighted by molar-refractivity contribution is -0.120. The molecule has 2 aromatic carbocycles. The van der Waals surface area contributed by atoms with E-state index in [9.17, 15) is 4.79 Å². The van der Waals surface area contributed by atoms with Crippen molar-refractivity contribution in [2.45, 2.75) is 18.2 Å². The molecule has 0 bridgehead atoms. The minimum absolute atomic E-state index is 0.0430. The SMILES string of the molecule is COc1ccc(CC(=O)NCCSc2c(C)[nH]c3ccccc23)cc1. The van der Waals surface area contributed by atoms with Gasteiger partial charge in [-0.25, -0.2) is 0 Å². The minimum atomic E-state index is 0.0430. The molecule has 0 aliphatic carbocycles. The standard InChI is InChI=1S/C20H22N2O2S/c1-14-20(17-5-3-4-6-18(17)22-14)25-12-11-21-19(23)13-15-7-9-16(24-2)10-8-15/h3-10,22H,11-13H2,1-2H3,(H,21,23). The third kappa shape index (κ3) is 4.37. The number of carbonyl (C=O) groups is 1. The Morgan fingerprint density at radius 1 is 1.16 bits per heavy atom. The number of hydrogen-bond acceptors (Lipinski definition) is 3. The second-order valence-electron chi connectivity index (χ2n) is 5.85. The molecular formula is C20H22N2O2S. The van der Waals surface area contributed by atoms with E-state index >= 15 is 0 Å². The van der Waals surface area contributed by atoms with Gasteiger partial charge < -0.3 is 15.0 Å². The number of ether oxygens (including phenoxy) is 1. The van der Waals surface area contributed by atoms with Crippen molar-refractivity contribution in [2.24, 2.45) is 0 Å². The van der Waals surface area contributed by atoms with Crippen LogP contribution in [0.3, 0.4) is 0 Å². The van der Waals surface area contributed by atoms with Gasteiger partial charge in [0.2, 0.25) is 5.91 Å². The van der Waals surface area contributed by atoms with E-state index < -0.39 is 0 Å². The number of para-hydroxylation sites is 1. The van der Waals surface area contributed by atoms with Crippen LogP contribution in [0.15, 0.2) is 53.4 Å². The summed E-state index contributed by atoms with van der Waals surface area (Å²) in [6.07, 6.45) is 0.390. The second kappa shape index (κ2) is 8.12. The number of benzene rings is 2.